The van der Waals surface area contributed by atoms with Crippen molar-refractivity contribution in [2.45, 2.75) is 94.9 Å². The second kappa shape index (κ2) is 16.6. The third kappa shape index (κ3) is 7.88. The zero-order chi connectivity index (χ0) is 42.5. The van der Waals surface area contributed by atoms with Crippen molar-refractivity contribution in [3.8, 4) is 0 Å². The van der Waals surface area contributed by atoms with Crippen molar-refractivity contribution in [3.63, 3.8) is 0 Å². The maximum Gasteiger partial charge on any atom is 0.329 e. The van der Waals surface area contributed by atoms with Gasteiger partial charge in [-0.2, -0.15) is 10.2 Å². The maximum atomic E-state index is 14.3. The first-order chi connectivity index (χ1) is 29.4. The molecule has 17 nitrogen and oxygen atoms in total. The summed E-state index contributed by atoms with van der Waals surface area (Å²) in [6.07, 6.45) is 8.41. The van der Waals surface area contributed by atoms with Gasteiger partial charge in [0.2, 0.25) is 11.8 Å². The van der Waals surface area contributed by atoms with Crippen LogP contribution < -0.4 is 26.1 Å². The number of aromatic nitrogens is 7. The SMILES string of the molecule is CN(C[C@H]1CC[C@H](n2cc(NC(=O)c3cnn4ccc(N5CCC(O)CC5)nc34)c(C(F)F)n2)CC1)C1CCN(c2cccc3c2n(C)c(=O)n3C2CCC(=O)NC2=O)CC1. The molecule has 5 aromatic rings. The van der Waals surface area contributed by atoms with E-state index in [1.165, 1.54) is 21.5 Å². The Hall–Kier alpha value is -5.69. The van der Waals surface area contributed by atoms with Crippen molar-refractivity contribution >= 4 is 51.6 Å². The number of aryl methyl sites for hydroxylation is 1. The highest BCUT2D eigenvalue weighted by molar-refractivity contribution is 6.08. The monoisotopic (exact) mass is 842 g/mol. The van der Waals surface area contributed by atoms with E-state index in [0.29, 0.717) is 54.9 Å². The van der Waals surface area contributed by atoms with E-state index in [4.69, 9.17) is 0 Å². The smallest absolute Gasteiger partial charge is 0.329 e. The van der Waals surface area contributed by atoms with Crippen molar-refractivity contribution in [2.75, 3.05) is 54.9 Å². The topological polar surface area (TPSA) is 180 Å². The molecule has 3 amide bonds. The molecule has 61 heavy (non-hydrogen) atoms. The quantitative estimate of drug-likeness (QED) is 0.173. The van der Waals surface area contributed by atoms with Gasteiger partial charge in [0.05, 0.1) is 40.8 Å². The number of rotatable bonds is 10. The van der Waals surface area contributed by atoms with Gasteiger partial charge in [0.25, 0.3) is 12.3 Å². The van der Waals surface area contributed by atoms with Crippen LogP contribution in [-0.4, -0.2) is 113 Å². The molecule has 1 atom stereocenters. The molecule has 4 aromatic heterocycles. The van der Waals surface area contributed by atoms with Crippen LogP contribution in [0, 0.1) is 5.92 Å². The number of nitrogens with zero attached hydrogens (tertiary/aromatic N) is 10. The predicted molar refractivity (Wildman–Crippen MR) is 223 cm³/mol. The number of piperidine rings is 3. The van der Waals surface area contributed by atoms with Crippen LogP contribution in [0.2, 0.25) is 0 Å². The third-order valence-corrected chi connectivity index (χ3v) is 13.4. The van der Waals surface area contributed by atoms with Gasteiger partial charge >= 0.3 is 5.69 Å². The number of fused-ring (bicyclic) bond motifs is 2. The Bertz CT molecular complexity index is 2510. The minimum atomic E-state index is -2.88. The van der Waals surface area contributed by atoms with Crippen molar-refractivity contribution in [1.82, 2.24) is 43.7 Å². The molecule has 1 saturated carbocycles. The number of hydrogen-bond donors (Lipinski definition) is 3. The number of carbonyl (C=O) groups is 3. The maximum absolute atomic E-state index is 14.3. The summed E-state index contributed by atoms with van der Waals surface area (Å²) in [6, 6.07) is 7.19. The molecular formula is C42H52F2N12O5. The minimum Gasteiger partial charge on any atom is -0.393 e. The first-order valence-corrected chi connectivity index (χ1v) is 21.4. The molecule has 1 unspecified atom stereocenters. The molecule has 3 saturated heterocycles. The first-order valence-electron chi connectivity index (χ1n) is 21.4. The number of nitrogens with one attached hydrogen (secondary N) is 2. The third-order valence-electron chi connectivity index (χ3n) is 13.4. The number of imidazole rings is 1. The van der Waals surface area contributed by atoms with Gasteiger partial charge in [0, 0.05) is 64.6 Å². The Morgan fingerprint density at radius 2 is 1.72 bits per heavy atom. The van der Waals surface area contributed by atoms with Crippen LogP contribution in [0.4, 0.5) is 26.0 Å². The van der Waals surface area contributed by atoms with Gasteiger partial charge in [0.1, 0.15) is 17.4 Å². The molecule has 4 fully saturated rings. The number of aliphatic hydroxyl groups excluding tert-OH is 1. The zero-order valence-electron chi connectivity index (χ0n) is 34.4. The summed E-state index contributed by atoms with van der Waals surface area (Å²) in [4.78, 5) is 63.0. The number of hydrogen-bond acceptors (Lipinski definition) is 11. The number of amides is 3. The average Bonchev–Trinajstić information content (AvgIpc) is 3.95. The molecule has 1 aromatic carbocycles. The van der Waals surface area contributed by atoms with Gasteiger partial charge in [-0.25, -0.2) is 23.1 Å². The van der Waals surface area contributed by atoms with E-state index in [2.05, 4.69) is 42.7 Å². The van der Waals surface area contributed by atoms with Gasteiger partial charge in [-0.1, -0.05) is 6.07 Å². The zero-order valence-corrected chi connectivity index (χ0v) is 34.4. The van der Waals surface area contributed by atoms with E-state index in [0.717, 1.165) is 69.4 Å². The number of alkyl halides is 2. The number of halogens is 2. The first kappa shape index (κ1) is 40.7. The largest absolute Gasteiger partial charge is 0.393 e. The lowest BCUT2D eigenvalue weighted by molar-refractivity contribution is -0.135. The Kier molecular flexibility index (Phi) is 11.1. The molecule has 19 heteroatoms. The molecule has 3 N–H and O–H groups in total. The summed E-state index contributed by atoms with van der Waals surface area (Å²) in [7, 11) is 3.91. The van der Waals surface area contributed by atoms with Crippen molar-refractivity contribution in [3.05, 3.63) is 64.6 Å². The number of para-hydroxylation sites is 1. The number of anilines is 3. The molecule has 1 aliphatic carbocycles. The van der Waals surface area contributed by atoms with Crippen LogP contribution in [0.3, 0.4) is 0 Å². The minimum absolute atomic E-state index is 0.0286. The van der Waals surface area contributed by atoms with E-state index in [1.807, 2.05) is 23.1 Å². The van der Waals surface area contributed by atoms with Gasteiger partial charge in [-0.15, -0.1) is 0 Å². The van der Waals surface area contributed by atoms with Crippen molar-refractivity contribution in [1.29, 1.82) is 0 Å². The average molecular weight is 843 g/mol. The van der Waals surface area contributed by atoms with E-state index in [-0.39, 0.29) is 47.8 Å². The second-order valence-corrected chi connectivity index (χ2v) is 17.1. The molecule has 0 bridgehead atoms. The van der Waals surface area contributed by atoms with Gasteiger partial charge in [0.15, 0.2) is 11.3 Å². The van der Waals surface area contributed by atoms with Crippen molar-refractivity contribution in [2.24, 2.45) is 13.0 Å². The van der Waals surface area contributed by atoms with Gasteiger partial charge in [-0.05, 0) is 89.0 Å². The Morgan fingerprint density at radius 3 is 2.44 bits per heavy atom. The second-order valence-electron chi connectivity index (χ2n) is 17.1. The fourth-order valence-corrected chi connectivity index (χ4v) is 9.93. The van der Waals surface area contributed by atoms with Crippen LogP contribution in [0.25, 0.3) is 16.7 Å². The van der Waals surface area contributed by atoms with Gasteiger partial charge in [-0.3, -0.25) is 33.5 Å². The summed E-state index contributed by atoms with van der Waals surface area (Å²) in [5.41, 5.74) is 2.11. The van der Waals surface area contributed by atoms with Crippen LogP contribution in [0.5, 0.6) is 0 Å². The summed E-state index contributed by atoms with van der Waals surface area (Å²) in [5, 5.41) is 23.5. The number of carbonyl (C=O) groups excluding carboxylic acids is 3. The highest BCUT2D eigenvalue weighted by Gasteiger charge is 2.34. The molecule has 9 rings (SSSR count). The van der Waals surface area contributed by atoms with Crippen LogP contribution in [-0.2, 0) is 16.6 Å². The van der Waals surface area contributed by atoms with Crippen LogP contribution in [0.1, 0.15) is 98.8 Å². The molecule has 3 aliphatic heterocycles. The van der Waals surface area contributed by atoms with E-state index < -0.39 is 30.0 Å². The molecule has 7 heterocycles. The summed E-state index contributed by atoms with van der Waals surface area (Å²) in [6.45, 7) is 3.81. The molecule has 324 valence electrons. The summed E-state index contributed by atoms with van der Waals surface area (Å²) in [5.74, 6) is -0.264. The normalized spacial score (nSPS) is 22.2. The highest BCUT2D eigenvalue weighted by atomic mass is 19.3. The molecule has 0 radical (unpaired) electrons. The number of benzene rings is 1. The van der Waals surface area contributed by atoms with Crippen LogP contribution >= 0.6 is 0 Å². The van der Waals surface area contributed by atoms with E-state index in [1.54, 1.807) is 28.6 Å². The van der Waals surface area contributed by atoms with Crippen LogP contribution in [0.15, 0.2) is 47.7 Å². The molecule has 0 spiro atoms. The fourth-order valence-electron chi connectivity index (χ4n) is 9.93. The summed E-state index contributed by atoms with van der Waals surface area (Å²) >= 11 is 0. The molecular weight excluding hydrogens is 791 g/mol. The van der Waals surface area contributed by atoms with Crippen molar-refractivity contribution < 1.29 is 28.3 Å². The lowest BCUT2D eigenvalue weighted by atomic mass is 9.85. The number of imide groups is 1. The Morgan fingerprint density at radius 1 is 0.984 bits per heavy atom. The Balaban J connectivity index is 0.799. The van der Waals surface area contributed by atoms with E-state index >= 15 is 0 Å². The lowest BCUT2D eigenvalue weighted by Crippen LogP contribution is -2.45. The molecule has 4 aliphatic rings. The summed E-state index contributed by atoms with van der Waals surface area (Å²) < 4.78 is 34.8. The van der Waals surface area contributed by atoms with Gasteiger partial charge < -0.3 is 25.1 Å². The lowest BCUT2D eigenvalue weighted by Gasteiger charge is -2.40. The fraction of sp³-hybridized carbons (Fsp3) is 0.548. The predicted octanol–water partition coefficient (Wildman–Crippen LogP) is 4.04. The Labute approximate surface area is 350 Å². The number of aliphatic hydroxyl groups is 1. The van der Waals surface area contributed by atoms with E-state index in [9.17, 15) is 33.1 Å². The highest BCUT2D eigenvalue weighted by Crippen LogP contribution is 2.37. The standard InChI is InChI=1S/C42H52F2N12O5/c1-50(26-12-17-52(18-13-26)31-4-3-5-32-37(31)51(2)42(61)56(32)33-10-11-35(58)48-41(33)60)23-25-6-8-27(9-7-25)55-24-30(36(49-55)38(43)44)46-40(59)29-22-45-54-21-16-34(47-39(29)54)53-19-14-28(57)15-20-53/h3-5,16,21-22,24-28,33,38,57H,6-15,17-20,23H2,1-2H3,(H,46,59)(H,48,58,60)/t25-,27-,33?.